The lowest BCUT2D eigenvalue weighted by molar-refractivity contribution is -0.127. The lowest BCUT2D eigenvalue weighted by Crippen LogP contribution is -2.55. The van der Waals surface area contributed by atoms with Crippen LogP contribution in [0.2, 0.25) is 0 Å². The van der Waals surface area contributed by atoms with Gasteiger partial charge in [0.05, 0.1) is 5.54 Å². The second kappa shape index (κ2) is 5.67. The van der Waals surface area contributed by atoms with Crippen molar-refractivity contribution in [1.82, 2.24) is 5.32 Å². The second-order valence-electron chi connectivity index (χ2n) is 5.17. The lowest BCUT2D eigenvalue weighted by Gasteiger charge is -2.29. The fourth-order valence-corrected chi connectivity index (χ4v) is 2.50. The maximum Gasteiger partial charge on any atom is 0.240 e. The van der Waals surface area contributed by atoms with E-state index < -0.39 is 5.54 Å². The van der Waals surface area contributed by atoms with E-state index in [4.69, 9.17) is 5.73 Å². The van der Waals surface area contributed by atoms with Crippen molar-refractivity contribution in [3.8, 4) is 0 Å². The van der Waals surface area contributed by atoms with E-state index in [2.05, 4.69) is 12.2 Å². The van der Waals surface area contributed by atoms with Crippen LogP contribution in [0.1, 0.15) is 59.3 Å². The van der Waals surface area contributed by atoms with Gasteiger partial charge in [-0.2, -0.15) is 0 Å². The minimum atomic E-state index is -0.674. The van der Waals surface area contributed by atoms with Gasteiger partial charge in [-0.25, -0.2) is 0 Å². The zero-order valence-electron chi connectivity index (χ0n) is 10.9. The average Bonchev–Trinajstić information content (AvgIpc) is 2.81. The predicted octanol–water partition coefficient (Wildman–Crippen LogP) is 2.20. The SMILES string of the molecule is CCC(N)(CC)C(=O)N[C@@H](C)C1CCCC1. The van der Waals surface area contributed by atoms with E-state index in [0.29, 0.717) is 18.8 Å². The van der Waals surface area contributed by atoms with Crippen molar-refractivity contribution in [3.63, 3.8) is 0 Å². The fourth-order valence-electron chi connectivity index (χ4n) is 2.50. The molecule has 1 fully saturated rings. The highest BCUT2D eigenvalue weighted by atomic mass is 16.2. The first-order valence-electron chi connectivity index (χ1n) is 6.63. The van der Waals surface area contributed by atoms with Gasteiger partial charge in [0.25, 0.3) is 0 Å². The number of carbonyl (C=O) groups excluding carboxylic acids is 1. The molecule has 0 radical (unpaired) electrons. The summed E-state index contributed by atoms with van der Waals surface area (Å²) in [7, 11) is 0. The molecule has 0 aromatic carbocycles. The van der Waals surface area contributed by atoms with Crippen LogP contribution in [0.5, 0.6) is 0 Å². The molecular weight excluding hydrogens is 200 g/mol. The number of hydrogen-bond donors (Lipinski definition) is 2. The summed E-state index contributed by atoms with van der Waals surface area (Å²) in [6.07, 6.45) is 6.51. The Morgan fingerprint density at radius 3 is 2.31 bits per heavy atom. The number of amides is 1. The van der Waals surface area contributed by atoms with Gasteiger partial charge in [-0.05, 0) is 38.5 Å². The summed E-state index contributed by atoms with van der Waals surface area (Å²) in [6, 6.07) is 0.274. The van der Waals surface area contributed by atoms with Gasteiger partial charge in [-0.15, -0.1) is 0 Å². The number of nitrogens with one attached hydrogen (secondary N) is 1. The van der Waals surface area contributed by atoms with E-state index in [0.717, 1.165) is 0 Å². The van der Waals surface area contributed by atoms with Crippen molar-refractivity contribution < 1.29 is 4.79 Å². The first-order chi connectivity index (χ1) is 7.53. The third-order valence-corrected chi connectivity index (χ3v) is 4.18. The minimum absolute atomic E-state index is 0.0249. The monoisotopic (exact) mass is 226 g/mol. The van der Waals surface area contributed by atoms with E-state index in [9.17, 15) is 4.79 Å². The van der Waals surface area contributed by atoms with E-state index in [1.165, 1.54) is 25.7 Å². The Hall–Kier alpha value is -0.570. The summed E-state index contributed by atoms with van der Waals surface area (Å²) in [5.74, 6) is 0.679. The molecule has 0 aromatic heterocycles. The molecular formula is C13H26N2O. The number of hydrogen-bond acceptors (Lipinski definition) is 2. The highest BCUT2D eigenvalue weighted by Crippen LogP contribution is 2.27. The predicted molar refractivity (Wildman–Crippen MR) is 67.1 cm³/mol. The van der Waals surface area contributed by atoms with E-state index in [-0.39, 0.29) is 11.9 Å². The average molecular weight is 226 g/mol. The van der Waals surface area contributed by atoms with Gasteiger partial charge < -0.3 is 11.1 Å². The third-order valence-electron chi connectivity index (χ3n) is 4.18. The quantitative estimate of drug-likeness (QED) is 0.755. The lowest BCUT2D eigenvalue weighted by atomic mass is 9.91. The molecule has 3 heteroatoms. The molecule has 1 rings (SSSR count). The van der Waals surface area contributed by atoms with Crippen molar-refractivity contribution in [2.75, 3.05) is 0 Å². The summed E-state index contributed by atoms with van der Waals surface area (Å²) in [5, 5.41) is 3.10. The Morgan fingerprint density at radius 1 is 1.38 bits per heavy atom. The molecule has 1 amide bonds. The normalized spacial score (nSPS) is 19.8. The Balaban J connectivity index is 2.49. The molecule has 1 aliphatic rings. The van der Waals surface area contributed by atoms with Gasteiger partial charge in [0.15, 0.2) is 0 Å². The number of nitrogens with two attached hydrogens (primary N) is 1. The molecule has 1 aliphatic carbocycles. The van der Waals surface area contributed by atoms with Crippen LogP contribution in [0.3, 0.4) is 0 Å². The first kappa shape index (κ1) is 13.5. The Labute approximate surface area is 99.2 Å². The molecule has 16 heavy (non-hydrogen) atoms. The molecule has 0 heterocycles. The highest BCUT2D eigenvalue weighted by Gasteiger charge is 2.32. The minimum Gasteiger partial charge on any atom is -0.352 e. The maximum absolute atomic E-state index is 12.1. The molecule has 3 nitrogen and oxygen atoms in total. The van der Waals surface area contributed by atoms with Crippen molar-refractivity contribution in [3.05, 3.63) is 0 Å². The van der Waals surface area contributed by atoms with Gasteiger partial charge >= 0.3 is 0 Å². The Bertz CT molecular complexity index is 230. The number of carbonyl (C=O) groups is 1. The van der Waals surface area contributed by atoms with Crippen molar-refractivity contribution in [2.24, 2.45) is 11.7 Å². The van der Waals surface area contributed by atoms with Crippen molar-refractivity contribution in [1.29, 1.82) is 0 Å². The highest BCUT2D eigenvalue weighted by molar-refractivity contribution is 5.86. The Morgan fingerprint density at radius 2 is 1.88 bits per heavy atom. The summed E-state index contributed by atoms with van der Waals surface area (Å²) in [5.41, 5.74) is 5.40. The summed E-state index contributed by atoms with van der Waals surface area (Å²) in [6.45, 7) is 6.06. The van der Waals surface area contributed by atoms with Gasteiger partial charge in [-0.1, -0.05) is 26.7 Å². The van der Waals surface area contributed by atoms with Crippen molar-refractivity contribution >= 4 is 5.91 Å². The zero-order chi connectivity index (χ0) is 12.2. The van der Waals surface area contributed by atoms with E-state index in [1.807, 2.05) is 13.8 Å². The molecule has 1 saturated carbocycles. The molecule has 0 saturated heterocycles. The summed E-state index contributed by atoms with van der Waals surface area (Å²) in [4.78, 5) is 12.1. The van der Waals surface area contributed by atoms with Crippen LogP contribution in [0.4, 0.5) is 0 Å². The van der Waals surface area contributed by atoms with E-state index >= 15 is 0 Å². The van der Waals surface area contributed by atoms with Crippen LogP contribution in [0, 0.1) is 5.92 Å². The smallest absolute Gasteiger partial charge is 0.240 e. The molecule has 0 bridgehead atoms. The van der Waals surface area contributed by atoms with Gasteiger partial charge in [-0.3, -0.25) is 4.79 Å². The zero-order valence-corrected chi connectivity index (χ0v) is 10.9. The van der Waals surface area contributed by atoms with Gasteiger partial charge in [0.2, 0.25) is 5.91 Å². The molecule has 3 N–H and O–H groups in total. The maximum atomic E-state index is 12.1. The van der Waals surface area contributed by atoms with Crippen LogP contribution in [-0.2, 0) is 4.79 Å². The second-order valence-corrected chi connectivity index (χ2v) is 5.17. The van der Waals surface area contributed by atoms with Crippen LogP contribution < -0.4 is 11.1 Å². The molecule has 1 atom stereocenters. The van der Waals surface area contributed by atoms with Crippen LogP contribution >= 0.6 is 0 Å². The standard InChI is InChI=1S/C13H26N2O/c1-4-13(14,5-2)12(16)15-10(3)11-8-6-7-9-11/h10-11H,4-9,14H2,1-3H3,(H,15,16)/t10-/m0/s1. The Kier molecular flexibility index (Phi) is 4.78. The van der Waals surface area contributed by atoms with Crippen molar-refractivity contribution in [2.45, 2.75) is 70.9 Å². The first-order valence-corrected chi connectivity index (χ1v) is 6.63. The van der Waals surface area contributed by atoms with Crippen LogP contribution in [-0.4, -0.2) is 17.5 Å². The van der Waals surface area contributed by atoms with E-state index in [1.54, 1.807) is 0 Å². The van der Waals surface area contributed by atoms with Crippen LogP contribution in [0.15, 0.2) is 0 Å². The molecule has 94 valence electrons. The largest absolute Gasteiger partial charge is 0.352 e. The summed E-state index contributed by atoms with van der Waals surface area (Å²) >= 11 is 0. The fraction of sp³-hybridized carbons (Fsp3) is 0.923. The summed E-state index contributed by atoms with van der Waals surface area (Å²) < 4.78 is 0. The molecule has 0 unspecified atom stereocenters. The topological polar surface area (TPSA) is 55.1 Å². The molecule has 0 aliphatic heterocycles. The number of rotatable bonds is 5. The molecule has 0 aromatic rings. The van der Waals surface area contributed by atoms with Gasteiger partial charge in [0.1, 0.15) is 0 Å². The van der Waals surface area contributed by atoms with Gasteiger partial charge in [0, 0.05) is 6.04 Å². The van der Waals surface area contributed by atoms with Crippen LogP contribution in [0.25, 0.3) is 0 Å². The molecule has 0 spiro atoms. The third kappa shape index (κ3) is 2.97.